The summed E-state index contributed by atoms with van der Waals surface area (Å²) >= 11 is 1.90. The maximum absolute atomic E-state index is 12.8. The Morgan fingerprint density at radius 3 is 2.51 bits per heavy atom. The average Bonchev–Trinajstić information content (AvgIpc) is 3.58. The van der Waals surface area contributed by atoms with E-state index < -0.39 is 0 Å². The standard InChI is InChI=1S/C28H43N5O5S/c1-2-20(30-27(37)19-11-9-18(10-12-19)16-33-24(35)13-14-25(33)36)6-5-15-29-23(34)8-4-3-7-22-26-21(17-39-22)31-28(38)32-26/h13-14,18-22,26H,2-12,15-17H2,1H3,(H,29,34)(H,30,37)(H2,31,32,38)/t18?,19?,20-,21-,22+,26-/m1/s1. The summed E-state index contributed by atoms with van der Waals surface area (Å²) in [5, 5.41) is 12.6. The summed E-state index contributed by atoms with van der Waals surface area (Å²) < 4.78 is 0. The van der Waals surface area contributed by atoms with Gasteiger partial charge in [-0.1, -0.05) is 13.3 Å². The summed E-state index contributed by atoms with van der Waals surface area (Å²) in [7, 11) is 0. The van der Waals surface area contributed by atoms with Crippen LogP contribution in [-0.4, -0.2) is 76.8 Å². The van der Waals surface area contributed by atoms with E-state index in [1.54, 1.807) is 0 Å². The van der Waals surface area contributed by atoms with E-state index in [-0.39, 0.29) is 59.6 Å². The van der Waals surface area contributed by atoms with Gasteiger partial charge >= 0.3 is 6.03 Å². The Morgan fingerprint density at radius 1 is 1.05 bits per heavy atom. The smallest absolute Gasteiger partial charge is 0.315 e. The van der Waals surface area contributed by atoms with Crippen molar-refractivity contribution in [1.29, 1.82) is 0 Å². The molecule has 0 radical (unpaired) electrons. The maximum Gasteiger partial charge on any atom is 0.315 e. The van der Waals surface area contributed by atoms with Crippen molar-refractivity contribution in [1.82, 2.24) is 26.2 Å². The molecule has 4 atom stereocenters. The number of amides is 6. The van der Waals surface area contributed by atoms with Crippen LogP contribution >= 0.6 is 11.8 Å². The number of imide groups is 1. The zero-order valence-electron chi connectivity index (χ0n) is 22.9. The van der Waals surface area contributed by atoms with Crippen molar-refractivity contribution >= 4 is 41.4 Å². The van der Waals surface area contributed by atoms with Gasteiger partial charge in [0.05, 0.1) is 12.1 Å². The molecule has 0 aromatic rings. The number of hydrogen-bond donors (Lipinski definition) is 4. The van der Waals surface area contributed by atoms with Gasteiger partial charge in [0.2, 0.25) is 11.8 Å². The van der Waals surface area contributed by atoms with Crippen LogP contribution in [0, 0.1) is 11.8 Å². The molecule has 11 heteroatoms. The van der Waals surface area contributed by atoms with Crippen LogP contribution in [0.5, 0.6) is 0 Å². The minimum atomic E-state index is -0.238. The lowest BCUT2D eigenvalue weighted by atomic mass is 9.81. The third kappa shape index (κ3) is 8.22. The first-order chi connectivity index (χ1) is 18.8. The number of urea groups is 1. The first kappa shape index (κ1) is 29.4. The fourth-order valence-corrected chi connectivity index (χ4v) is 7.66. The summed E-state index contributed by atoms with van der Waals surface area (Å²) in [5.41, 5.74) is 0. The number of nitrogens with zero attached hydrogens (tertiary/aromatic N) is 1. The molecule has 4 rings (SSSR count). The molecule has 1 aliphatic carbocycles. The molecule has 0 bridgehead atoms. The summed E-state index contributed by atoms with van der Waals surface area (Å²) in [5.74, 6) is 0.887. The largest absolute Gasteiger partial charge is 0.356 e. The molecular formula is C28H43N5O5S. The van der Waals surface area contributed by atoms with Gasteiger partial charge in [0, 0.05) is 54.6 Å². The lowest BCUT2D eigenvalue weighted by molar-refractivity contribution is -0.138. The van der Waals surface area contributed by atoms with E-state index in [2.05, 4.69) is 28.2 Å². The van der Waals surface area contributed by atoms with Crippen LogP contribution in [-0.2, 0) is 19.2 Å². The molecule has 0 spiro atoms. The van der Waals surface area contributed by atoms with E-state index in [0.717, 1.165) is 70.0 Å². The van der Waals surface area contributed by atoms with Gasteiger partial charge in [-0.05, 0) is 63.7 Å². The van der Waals surface area contributed by atoms with E-state index in [0.29, 0.717) is 24.8 Å². The van der Waals surface area contributed by atoms with Gasteiger partial charge in [0.1, 0.15) is 0 Å². The van der Waals surface area contributed by atoms with Gasteiger partial charge < -0.3 is 21.3 Å². The minimum Gasteiger partial charge on any atom is -0.356 e. The van der Waals surface area contributed by atoms with Gasteiger partial charge in [-0.15, -0.1) is 0 Å². The maximum atomic E-state index is 12.8. The molecule has 0 unspecified atom stereocenters. The van der Waals surface area contributed by atoms with Crippen LogP contribution in [0.25, 0.3) is 0 Å². The molecular weight excluding hydrogens is 518 g/mol. The summed E-state index contributed by atoms with van der Waals surface area (Å²) in [6.45, 7) is 3.12. The topological polar surface area (TPSA) is 137 Å². The van der Waals surface area contributed by atoms with Gasteiger partial charge in [0.25, 0.3) is 11.8 Å². The number of rotatable bonds is 14. The fraction of sp³-hybridized carbons (Fsp3) is 0.750. The van der Waals surface area contributed by atoms with Crippen LogP contribution in [0.3, 0.4) is 0 Å². The Hall–Kier alpha value is -2.56. The summed E-state index contributed by atoms with van der Waals surface area (Å²) in [4.78, 5) is 61.5. The zero-order chi connectivity index (χ0) is 27.8. The van der Waals surface area contributed by atoms with Crippen LogP contribution in [0.15, 0.2) is 12.2 Å². The predicted octanol–water partition coefficient (Wildman–Crippen LogP) is 2.23. The Balaban J connectivity index is 1.03. The second kappa shape index (κ2) is 14.2. The highest BCUT2D eigenvalue weighted by atomic mass is 32.2. The van der Waals surface area contributed by atoms with E-state index in [9.17, 15) is 24.0 Å². The SMILES string of the molecule is CC[C@H](CCCNC(=O)CCCC[C@@H]1SC[C@H]2NC(=O)N[C@@H]12)NC(=O)C1CCC(CN2C(=O)C=CC2=O)CC1. The molecule has 10 nitrogen and oxygen atoms in total. The Kier molecular flexibility index (Phi) is 10.7. The predicted molar refractivity (Wildman–Crippen MR) is 150 cm³/mol. The molecule has 6 amide bonds. The van der Waals surface area contributed by atoms with Crippen LogP contribution < -0.4 is 21.3 Å². The normalized spacial score (nSPS) is 28.7. The van der Waals surface area contributed by atoms with Gasteiger partial charge in [0.15, 0.2) is 0 Å². The van der Waals surface area contributed by atoms with Gasteiger partial charge in [-0.2, -0.15) is 11.8 Å². The highest BCUT2D eigenvalue weighted by Gasteiger charge is 2.42. The molecule has 2 saturated heterocycles. The van der Waals surface area contributed by atoms with E-state index in [1.165, 1.54) is 17.1 Å². The van der Waals surface area contributed by atoms with Crippen molar-refractivity contribution < 1.29 is 24.0 Å². The van der Waals surface area contributed by atoms with E-state index in [1.807, 2.05) is 11.8 Å². The molecule has 3 fully saturated rings. The second-order valence-corrected chi connectivity index (χ2v) is 12.6. The average molecular weight is 562 g/mol. The van der Waals surface area contributed by atoms with Crippen LogP contribution in [0.4, 0.5) is 4.79 Å². The van der Waals surface area contributed by atoms with Crippen molar-refractivity contribution in [2.75, 3.05) is 18.8 Å². The number of thioether (sulfide) groups is 1. The van der Waals surface area contributed by atoms with Crippen LogP contribution in [0.1, 0.15) is 77.6 Å². The molecule has 4 aliphatic rings. The van der Waals surface area contributed by atoms with Gasteiger partial charge in [-0.3, -0.25) is 24.1 Å². The Labute approximate surface area is 235 Å². The monoisotopic (exact) mass is 561 g/mol. The third-order valence-electron chi connectivity index (χ3n) is 8.53. The first-order valence-electron chi connectivity index (χ1n) is 14.6. The molecule has 3 heterocycles. The molecule has 4 N–H and O–H groups in total. The number of carbonyl (C=O) groups excluding carboxylic acids is 5. The molecule has 3 aliphatic heterocycles. The summed E-state index contributed by atoms with van der Waals surface area (Å²) in [6.07, 6.45) is 11.7. The Bertz CT molecular complexity index is 933. The highest BCUT2D eigenvalue weighted by molar-refractivity contribution is 8.00. The molecule has 0 aromatic carbocycles. The molecule has 216 valence electrons. The molecule has 39 heavy (non-hydrogen) atoms. The first-order valence-corrected chi connectivity index (χ1v) is 15.7. The van der Waals surface area contributed by atoms with E-state index >= 15 is 0 Å². The number of hydrogen-bond acceptors (Lipinski definition) is 6. The third-order valence-corrected chi connectivity index (χ3v) is 10.0. The molecule has 1 saturated carbocycles. The van der Waals surface area contributed by atoms with Gasteiger partial charge in [-0.25, -0.2) is 4.79 Å². The summed E-state index contributed by atoms with van der Waals surface area (Å²) in [6, 6.07) is 0.491. The molecule has 0 aromatic heterocycles. The Morgan fingerprint density at radius 2 is 1.79 bits per heavy atom. The fourth-order valence-electron chi connectivity index (χ4n) is 6.11. The second-order valence-electron chi connectivity index (χ2n) is 11.3. The van der Waals surface area contributed by atoms with Crippen LogP contribution in [0.2, 0.25) is 0 Å². The van der Waals surface area contributed by atoms with Crippen molar-refractivity contribution in [3.05, 3.63) is 12.2 Å². The number of nitrogens with one attached hydrogen (secondary N) is 4. The van der Waals surface area contributed by atoms with E-state index in [4.69, 9.17) is 0 Å². The number of unbranched alkanes of at least 4 members (excludes halogenated alkanes) is 1. The number of fused-ring (bicyclic) bond motifs is 1. The quantitative estimate of drug-likeness (QED) is 0.146. The zero-order valence-corrected chi connectivity index (χ0v) is 23.7. The lowest BCUT2D eigenvalue weighted by Crippen LogP contribution is -2.41. The lowest BCUT2D eigenvalue weighted by Gasteiger charge is -2.31. The van der Waals surface area contributed by atoms with Crippen molar-refractivity contribution in [3.8, 4) is 0 Å². The van der Waals surface area contributed by atoms with Crippen molar-refractivity contribution in [2.45, 2.75) is 101 Å². The van der Waals surface area contributed by atoms with Crippen molar-refractivity contribution in [2.24, 2.45) is 11.8 Å². The number of carbonyl (C=O) groups is 5. The highest BCUT2D eigenvalue weighted by Crippen LogP contribution is 2.33. The van der Waals surface area contributed by atoms with Crippen molar-refractivity contribution in [3.63, 3.8) is 0 Å². The minimum absolute atomic E-state index is 0.0205.